The van der Waals surface area contributed by atoms with E-state index in [9.17, 15) is 9.00 Å². The molecule has 17 heavy (non-hydrogen) atoms. The Balaban J connectivity index is 2.54. The fourth-order valence-corrected chi connectivity index (χ4v) is 2.57. The van der Waals surface area contributed by atoms with Gasteiger partial charge in [-0.25, -0.2) is 9.00 Å². The van der Waals surface area contributed by atoms with E-state index in [1.807, 2.05) is 0 Å². The molecule has 0 aromatic rings. The van der Waals surface area contributed by atoms with Gasteiger partial charge in [0.2, 0.25) is 6.19 Å². The van der Waals surface area contributed by atoms with Crippen molar-refractivity contribution < 1.29 is 13.7 Å². The number of likely N-dealkylation sites (tertiary alicyclic amines) is 1. The van der Waals surface area contributed by atoms with Gasteiger partial charge >= 0.3 is 6.09 Å². The lowest BCUT2D eigenvalue weighted by Gasteiger charge is -2.39. The SMILES string of the molecule is CC(C)(C)OC(=O)N1CC(S(C)(=O)=NC#N)C1. The molecule has 1 heterocycles. The highest BCUT2D eigenvalue weighted by Gasteiger charge is 2.38. The molecule has 0 bridgehead atoms. The second-order valence-corrected chi connectivity index (χ2v) is 7.63. The molecule has 0 aromatic carbocycles. The molecule has 1 aliphatic rings. The molecular weight excluding hydrogens is 242 g/mol. The number of carbonyl (C=O) groups excluding carboxylic acids is 1. The van der Waals surface area contributed by atoms with Crippen LogP contribution in [-0.2, 0) is 14.5 Å². The minimum Gasteiger partial charge on any atom is -0.444 e. The zero-order chi connectivity index (χ0) is 13.3. The molecule has 1 aliphatic heterocycles. The number of rotatable bonds is 1. The molecule has 6 nitrogen and oxygen atoms in total. The summed E-state index contributed by atoms with van der Waals surface area (Å²) in [6.07, 6.45) is 2.58. The van der Waals surface area contributed by atoms with Gasteiger partial charge in [0, 0.05) is 19.3 Å². The van der Waals surface area contributed by atoms with Gasteiger partial charge in [0.05, 0.1) is 15.0 Å². The Morgan fingerprint density at radius 1 is 1.53 bits per heavy atom. The van der Waals surface area contributed by atoms with E-state index in [0.717, 1.165) is 0 Å². The van der Waals surface area contributed by atoms with Crippen LogP contribution in [0.3, 0.4) is 0 Å². The van der Waals surface area contributed by atoms with Gasteiger partial charge in [0.15, 0.2) is 0 Å². The first kappa shape index (κ1) is 13.8. The summed E-state index contributed by atoms with van der Waals surface area (Å²) in [6, 6.07) is 0. The highest BCUT2D eigenvalue weighted by Crippen LogP contribution is 2.20. The fourth-order valence-electron chi connectivity index (χ4n) is 1.35. The fraction of sp³-hybridized carbons (Fsp3) is 0.800. The lowest BCUT2D eigenvalue weighted by atomic mass is 10.2. The summed E-state index contributed by atoms with van der Waals surface area (Å²) in [5, 5.41) is 8.16. The predicted molar refractivity (Wildman–Crippen MR) is 63.7 cm³/mol. The Hall–Kier alpha value is -1.29. The largest absolute Gasteiger partial charge is 0.444 e. The van der Waals surface area contributed by atoms with Gasteiger partial charge in [-0.05, 0) is 20.8 Å². The summed E-state index contributed by atoms with van der Waals surface area (Å²) in [6.45, 7) is 6.02. The second kappa shape index (κ2) is 4.53. The number of hydrogen-bond acceptors (Lipinski definition) is 5. The van der Waals surface area contributed by atoms with Gasteiger partial charge in [-0.3, -0.25) is 0 Å². The number of ether oxygens (including phenoxy) is 1. The third-order valence-corrected chi connectivity index (χ3v) is 4.32. The minimum atomic E-state index is -2.52. The predicted octanol–water partition coefficient (Wildman–Crippen LogP) is 1.18. The minimum absolute atomic E-state index is 0.241. The van der Waals surface area contributed by atoms with E-state index >= 15 is 0 Å². The molecular formula is C10H17N3O3S. The normalized spacial score (nSPS) is 19.8. The van der Waals surface area contributed by atoms with E-state index in [-0.39, 0.29) is 5.25 Å². The van der Waals surface area contributed by atoms with Gasteiger partial charge < -0.3 is 9.64 Å². The lowest BCUT2D eigenvalue weighted by Crippen LogP contribution is -2.57. The maximum absolute atomic E-state index is 11.9. The standard InChI is InChI=1S/C10H17N3O3S/c1-10(2,3)16-9(14)13-5-8(6-13)17(4,15)12-7-11/h8H,5-6H2,1-4H3. The molecule has 0 aliphatic carbocycles. The van der Waals surface area contributed by atoms with Crippen LogP contribution >= 0.6 is 0 Å². The van der Waals surface area contributed by atoms with E-state index in [1.165, 1.54) is 11.2 Å². The maximum Gasteiger partial charge on any atom is 0.410 e. The van der Waals surface area contributed by atoms with E-state index in [4.69, 9.17) is 10.00 Å². The number of carbonyl (C=O) groups is 1. The first-order valence-corrected chi connectivity index (χ1v) is 7.21. The van der Waals surface area contributed by atoms with Crippen LogP contribution in [0.2, 0.25) is 0 Å². The molecule has 1 unspecified atom stereocenters. The Morgan fingerprint density at radius 2 is 2.06 bits per heavy atom. The summed E-state index contributed by atoms with van der Waals surface area (Å²) in [7, 11) is -2.52. The van der Waals surface area contributed by atoms with Crippen LogP contribution in [0.15, 0.2) is 4.36 Å². The monoisotopic (exact) mass is 259 g/mol. The quantitative estimate of drug-likeness (QED) is 0.662. The number of hydrogen-bond donors (Lipinski definition) is 0. The maximum atomic E-state index is 11.9. The van der Waals surface area contributed by atoms with E-state index in [2.05, 4.69) is 4.36 Å². The molecule has 96 valence electrons. The molecule has 1 atom stereocenters. The average molecular weight is 259 g/mol. The molecule has 0 spiro atoms. The van der Waals surface area contributed by atoms with Gasteiger partial charge in [-0.1, -0.05) is 0 Å². The van der Waals surface area contributed by atoms with Gasteiger partial charge in [-0.15, -0.1) is 4.36 Å². The Morgan fingerprint density at radius 3 is 2.47 bits per heavy atom. The Kier molecular flexibility index (Phi) is 3.67. The van der Waals surface area contributed by atoms with Crippen molar-refractivity contribution in [3.63, 3.8) is 0 Å². The molecule has 1 saturated heterocycles. The summed E-state index contributed by atoms with van der Waals surface area (Å²) >= 11 is 0. The molecule has 0 N–H and O–H groups in total. The van der Waals surface area contributed by atoms with Crippen molar-refractivity contribution in [3.05, 3.63) is 0 Å². The van der Waals surface area contributed by atoms with Crippen molar-refractivity contribution in [1.82, 2.24) is 4.90 Å². The molecule has 0 saturated carbocycles. The van der Waals surface area contributed by atoms with Crippen LogP contribution in [0.4, 0.5) is 4.79 Å². The zero-order valence-electron chi connectivity index (χ0n) is 10.5. The second-order valence-electron chi connectivity index (χ2n) is 5.06. The van der Waals surface area contributed by atoms with Crippen molar-refractivity contribution in [2.24, 2.45) is 4.36 Å². The highest BCUT2D eigenvalue weighted by atomic mass is 32.2. The number of nitriles is 1. The zero-order valence-corrected chi connectivity index (χ0v) is 11.3. The molecule has 1 amide bonds. The smallest absolute Gasteiger partial charge is 0.410 e. The topological polar surface area (TPSA) is 82.8 Å². The van der Waals surface area contributed by atoms with E-state index < -0.39 is 21.4 Å². The molecule has 7 heteroatoms. The van der Waals surface area contributed by atoms with Crippen LogP contribution in [-0.4, -0.2) is 45.4 Å². The van der Waals surface area contributed by atoms with Crippen LogP contribution < -0.4 is 0 Å². The molecule has 1 fully saturated rings. The van der Waals surface area contributed by atoms with Crippen molar-refractivity contribution in [2.45, 2.75) is 31.6 Å². The van der Waals surface area contributed by atoms with Gasteiger partial charge in [0.1, 0.15) is 5.60 Å². The Labute approximate surface area is 102 Å². The summed E-state index contributed by atoms with van der Waals surface area (Å²) in [5.74, 6) is 0. The third kappa shape index (κ3) is 3.60. The van der Waals surface area contributed by atoms with Crippen LogP contribution in [0.1, 0.15) is 20.8 Å². The average Bonchev–Trinajstić information content (AvgIpc) is 1.94. The number of amides is 1. The summed E-state index contributed by atoms with van der Waals surface area (Å²) in [5.41, 5.74) is -0.535. The first-order chi connectivity index (χ1) is 7.65. The molecule has 0 aromatic heterocycles. The number of nitrogens with zero attached hydrogens (tertiary/aromatic N) is 3. The molecule has 1 rings (SSSR count). The van der Waals surface area contributed by atoms with E-state index in [0.29, 0.717) is 13.1 Å². The van der Waals surface area contributed by atoms with Crippen molar-refractivity contribution in [3.8, 4) is 6.19 Å². The molecule has 0 radical (unpaired) electrons. The van der Waals surface area contributed by atoms with Crippen molar-refractivity contribution >= 4 is 15.8 Å². The first-order valence-electron chi connectivity index (χ1n) is 5.23. The van der Waals surface area contributed by atoms with Crippen LogP contribution in [0.5, 0.6) is 0 Å². The third-order valence-electron chi connectivity index (χ3n) is 2.34. The van der Waals surface area contributed by atoms with Crippen molar-refractivity contribution in [2.75, 3.05) is 19.3 Å². The summed E-state index contributed by atoms with van der Waals surface area (Å²) < 4.78 is 20.4. The highest BCUT2D eigenvalue weighted by molar-refractivity contribution is 7.93. The summed E-state index contributed by atoms with van der Waals surface area (Å²) in [4.78, 5) is 13.1. The van der Waals surface area contributed by atoms with Crippen molar-refractivity contribution in [1.29, 1.82) is 5.26 Å². The van der Waals surface area contributed by atoms with Gasteiger partial charge in [-0.2, -0.15) is 5.26 Å². The lowest BCUT2D eigenvalue weighted by molar-refractivity contribution is 0.0141. The van der Waals surface area contributed by atoms with Crippen LogP contribution in [0.25, 0.3) is 0 Å². The van der Waals surface area contributed by atoms with E-state index in [1.54, 1.807) is 27.0 Å². The Bertz CT molecular complexity index is 460. The van der Waals surface area contributed by atoms with Crippen LogP contribution in [0, 0.1) is 11.5 Å². The van der Waals surface area contributed by atoms with Gasteiger partial charge in [0.25, 0.3) is 0 Å².